The second-order valence-electron chi connectivity index (χ2n) is 7.91. The Labute approximate surface area is 171 Å². The number of hydrogen-bond acceptors (Lipinski definition) is 3. The summed E-state index contributed by atoms with van der Waals surface area (Å²) >= 11 is 0. The van der Waals surface area contributed by atoms with E-state index in [0.717, 1.165) is 29.9 Å². The Morgan fingerprint density at radius 2 is 2.00 bits per heavy atom. The van der Waals surface area contributed by atoms with Crippen molar-refractivity contribution < 1.29 is 9.13 Å². The van der Waals surface area contributed by atoms with Gasteiger partial charge in [-0.05, 0) is 80.1 Å². The van der Waals surface area contributed by atoms with Gasteiger partial charge in [-0.25, -0.2) is 9.07 Å². The molecule has 2 atom stereocenters. The zero-order chi connectivity index (χ0) is 20.4. The van der Waals surface area contributed by atoms with Crippen LogP contribution in [0.1, 0.15) is 50.2 Å². The number of fused-ring (bicyclic) bond motifs is 1. The standard InChI is InChI=1S/C24H26FN3O/c1-4-29-23(21-7-5-6-12-26-21)15-24(3)14-18-16-27-28(22(18)13-17(24)2)20-10-8-19(25)9-11-20/h5-13,16,23H,4,14-15H2,1-3H3/t23?,24-/m1/s1. The van der Waals surface area contributed by atoms with Crippen molar-refractivity contribution >= 4 is 6.08 Å². The molecule has 0 spiro atoms. The smallest absolute Gasteiger partial charge is 0.123 e. The minimum atomic E-state index is -0.245. The third kappa shape index (κ3) is 3.87. The van der Waals surface area contributed by atoms with Crippen molar-refractivity contribution in [3.63, 3.8) is 0 Å². The molecule has 0 saturated heterocycles. The number of ether oxygens (including phenoxy) is 1. The number of nitrogens with zero attached hydrogens (tertiary/aromatic N) is 3. The summed E-state index contributed by atoms with van der Waals surface area (Å²) in [5.74, 6) is -0.245. The lowest BCUT2D eigenvalue weighted by Crippen LogP contribution is -2.28. The molecule has 0 aliphatic heterocycles. The second-order valence-corrected chi connectivity index (χ2v) is 7.91. The van der Waals surface area contributed by atoms with Gasteiger partial charge in [0.2, 0.25) is 0 Å². The summed E-state index contributed by atoms with van der Waals surface area (Å²) in [6, 6.07) is 12.4. The molecule has 0 radical (unpaired) electrons. The first-order valence-corrected chi connectivity index (χ1v) is 10.0. The number of halogens is 1. The van der Waals surface area contributed by atoms with E-state index in [2.05, 4.69) is 30.0 Å². The maximum Gasteiger partial charge on any atom is 0.123 e. The van der Waals surface area contributed by atoms with Crippen LogP contribution in [0.2, 0.25) is 0 Å². The first kappa shape index (κ1) is 19.5. The zero-order valence-corrected chi connectivity index (χ0v) is 17.1. The monoisotopic (exact) mass is 391 g/mol. The van der Waals surface area contributed by atoms with Gasteiger partial charge in [0.1, 0.15) is 11.9 Å². The van der Waals surface area contributed by atoms with Gasteiger partial charge in [0, 0.05) is 12.8 Å². The molecule has 2 aromatic heterocycles. The Balaban J connectivity index is 1.64. The molecular formula is C24H26FN3O. The van der Waals surface area contributed by atoms with Gasteiger partial charge >= 0.3 is 0 Å². The SMILES string of the molecule is CCOC(C[C@@]1(C)Cc2cnn(-c3ccc(F)cc3)c2C=C1C)c1ccccn1. The fourth-order valence-electron chi connectivity index (χ4n) is 4.07. The van der Waals surface area contributed by atoms with Crippen molar-refractivity contribution in [3.8, 4) is 5.69 Å². The van der Waals surface area contributed by atoms with Crippen LogP contribution in [0, 0.1) is 11.2 Å². The van der Waals surface area contributed by atoms with E-state index in [9.17, 15) is 4.39 Å². The van der Waals surface area contributed by atoms with Gasteiger partial charge in [0.25, 0.3) is 0 Å². The van der Waals surface area contributed by atoms with Gasteiger partial charge < -0.3 is 4.74 Å². The normalized spacial score (nSPS) is 19.5. The molecule has 4 rings (SSSR count). The molecule has 0 fully saturated rings. The van der Waals surface area contributed by atoms with Crippen LogP contribution < -0.4 is 0 Å². The highest BCUT2D eigenvalue weighted by molar-refractivity contribution is 5.60. The fraction of sp³-hybridized carbons (Fsp3) is 0.333. The van der Waals surface area contributed by atoms with Crippen molar-refractivity contribution in [2.24, 2.45) is 5.41 Å². The summed E-state index contributed by atoms with van der Waals surface area (Å²) in [4.78, 5) is 4.52. The summed E-state index contributed by atoms with van der Waals surface area (Å²) in [6.07, 6.45) is 7.62. The Bertz CT molecular complexity index is 1010. The van der Waals surface area contributed by atoms with Crippen LogP contribution in [0.3, 0.4) is 0 Å². The van der Waals surface area contributed by atoms with Crippen LogP contribution in [-0.2, 0) is 11.2 Å². The lowest BCUT2D eigenvalue weighted by Gasteiger charge is -2.36. The molecule has 1 unspecified atom stereocenters. The highest BCUT2D eigenvalue weighted by Gasteiger charge is 2.36. The number of benzene rings is 1. The van der Waals surface area contributed by atoms with E-state index < -0.39 is 0 Å². The van der Waals surface area contributed by atoms with Gasteiger partial charge in [-0.1, -0.05) is 18.6 Å². The Morgan fingerprint density at radius 3 is 2.69 bits per heavy atom. The fourth-order valence-corrected chi connectivity index (χ4v) is 4.07. The van der Waals surface area contributed by atoms with Gasteiger partial charge in [0.15, 0.2) is 0 Å². The number of pyridine rings is 1. The van der Waals surface area contributed by atoms with Crippen molar-refractivity contribution in [1.29, 1.82) is 0 Å². The summed E-state index contributed by atoms with van der Waals surface area (Å²) < 4.78 is 21.3. The van der Waals surface area contributed by atoms with Gasteiger partial charge in [-0.3, -0.25) is 4.98 Å². The summed E-state index contributed by atoms with van der Waals surface area (Å²) in [7, 11) is 0. The van der Waals surface area contributed by atoms with Crippen LogP contribution in [0.25, 0.3) is 11.8 Å². The lowest BCUT2D eigenvalue weighted by atomic mass is 9.70. The molecule has 0 saturated carbocycles. The summed E-state index contributed by atoms with van der Waals surface area (Å²) in [6.45, 7) is 7.12. The molecule has 1 aromatic carbocycles. The molecule has 3 aromatic rings. The van der Waals surface area contributed by atoms with E-state index in [1.165, 1.54) is 23.3 Å². The largest absolute Gasteiger partial charge is 0.372 e. The molecule has 4 nitrogen and oxygen atoms in total. The van der Waals surface area contributed by atoms with Crippen molar-refractivity contribution in [2.45, 2.75) is 39.7 Å². The molecule has 29 heavy (non-hydrogen) atoms. The van der Waals surface area contributed by atoms with E-state index in [1.54, 1.807) is 12.1 Å². The lowest BCUT2D eigenvalue weighted by molar-refractivity contribution is 0.0295. The molecule has 1 aliphatic carbocycles. The van der Waals surface area contributed by atoms with Gasteiger partial charge in [-0.15, -0.1) is 0 Å². The van der Waals surface area contributed by atoms with Crippen molar-refractivity contribution in [2.75, 3.05) is 6.61 Å². The third-order valence-electron chi connectivity index (χ3n) is 5.86. The second kappa shape index (κ2) is 7.91. The molecule has 0 amide bonds. The third-order valence-corrected chi connectivity index (χ3v) is 5.86. The molecule has 5 heteroatoms. The maximum absolute atomic E-state index is 13.3. The predicted molar refractivity (Wildman–Crippen MR) is 112 cm³/mol. The zero-order valence-electron chi connectivity index (χ0n) is 17.1. The van der Waals surface area contributed by atoms with Crippen molar-refractivity contribution in [3.05, 3.63) is 83.2 Å². The highest BCUT2D eigenvalue weighted by atomic mass is 19.1. The van der Waals surface area contributed by atoms with E-state index >= 15 is 0 Å². The van der Waals surface area contributed by atoms with Crippen LogP contribution >= 0.6 is 0 Å². The molecule has 2 heterocycles. The highest BCUT2D eigenvalue weighted by Crippen LogP contribution is 2.45. The number of aromatic nitrogens is 3. The van der Waals surface area contributed by atoms with Crippen LogP contribution in [-0.4, -0.2) is 21.4 Å². The molecule has 1 aliphatic rings. The molecule has 0 bridgehead atoms. The number of rotatable bonds is 6. The van der Waals surface area contributed by atoms with Gasteiger partial charge in [0.05, 0.1) is 23.3 Å². The van der Waals surface area contributed by atoms with E-state index in [4.69, 9.17) is 4.74 Å². The Morgan fingerprint density at radius 1 is 1.21 bits per heavy atom. The minimum Gasteiger partial charge on any atom is -0.372 e. The van der Waals surface area contributed by atoms with E-state index in [0.29, 0.717) is 6.61 Å². The summed E-state index contributed by atoms with van der Waals surface area (Å²) in [5.41, 5.74) is 5.32. The van der Waals surface area contributed by atoms with Crippen LogP contribution in [0.15, 0.2) is 60.4 Å². The Hall–Kier alpha value is -2.79. The first-order valence-electron chi connectivity index (χ1n) is 10.0. The van der Waals surface area contributed by atoms with Crippen LogP contribution in [0.5, 0.6) is 0 Å². The minimum absolute atomic E-state index is 0.0526. The number of allylic oxidation sites excluding steroid dienone is 1. The quantitative estimate of drug-likeness (QED) is 0.554. The molecule has 0 N–H and O–H groups in total. The molecule has 150 valence electrons. The Kier molecular flexibility index (Phi) is 5.33. The van der Waals surface area contributed by atoms with Crippen molar-refractivity contribution in [1.82, 2.24) is 14.8 Å². The van der Waals surface area contributed by atoms with Crippen LogP contribution in [0.4, 0.5) is 4.39 Å². The average molecular weight is 391 g/mol. The summed E-state index contributed by atoms with van der Waals surface area (Å²) in [5, 5.41) is 4.58. The first-order chi connectivity index (χ1) is 14.0. The van der Waals surface area contributed by atoms with Gasteiger partial charge in [-0.2, -0.15) is 5.10 Å². The van der Waals surface area contributed by atoms with E-state index in [1.807, 2.05) is 42.2 Å². The maximum atomic E-state index is 13.3. The predicted octanol–water partition coefficient (Wildman–Crippen LogP) is 5.54. The van der Waals surface area contributed by atoms with E-state index in [-0.39, 0.29) is 17.3 Å². The number of hydrogen-bond donors (Lipinski definition) is 0. The topological polar surface area (TPSA) is 39.9 Å². The average Bonchev–Trinajstić information content (AvgIpc) is 3.11. The molecular weight excluding hydrogens is 365 g/mol.